The Bertz CT molecular complexity index is 423. The number of aryl methyl sites for hydroxylation is 1. The number of aromatic nitrogens is 3. The Kier molecular flexibility index (Phi) is 2.18. The summed E-state index contributed by atoms with van der Waals surface area (Å²) in [6.45, 7) is 2.50. The molecule has 1 aromatic heterocycles. The van der Waals surface area contributed by atoms with Gasteiger partial charge in [-0.3, -0.25) is 0 Å². The van der Waals surface area contributed by atoms with Crippen LogP contribution in [0.1, 0.15) is 11.1 Å². The van der Waals surface area contributed by atoms with Crippen LogP contribution in [-0.4, -0.2) is 20.1 Å². The minimum atomic E-state index is 0.321. The van der Waals surface area contributed by atoms with Gasteiger partial charge in [-0.25, -0.2) is 0 Å². The molecule has 0 aliphatic heterocycles. The topological polar surface area (TPSA) is 50.9 Å². The standard InChI is InChI=1S/C10H11N3O/c1-8-6-9(2-3-10(8)14)7-13-11-4-5-12-13/h2-6,14H,7H2,1H3. The normalized spacial score (nSPS) is 10.4. The first-order valence-corrected chi connectivity index (χ1v) is 4.38. The van der Waals surface area contributed by atoms with Crippen LogP contribution in [0.5, 0.6) is 5.75 Å². The molecule has 0 radical (unpaired) electrons. The van der Waals surface area contributed by atoms with Crippen LogP contribution < -0.4 is 0 Å². The lowest BCUT2D eigenvalue weighted by atomic mass is 10.1. The smallest absolute Gasteiger partial charge is 0.118 e. The third-order valence-electron chi connectivity index (χ3n) is 2.05. The van der Waals surface area contributed by atoms with Gasteiger partial charge in [0.05, 0.1) is 18.9 Å². The Balaban J connectivity index is 2.22. The van der Waals surface area contributed by atoms with Gasteiger partial charge in [0.2, 0.25) is 0 Å². The van der Waals surface area contributed by atoms with Gasteiger partial charge in [-0.15, -0.1) is 0 Å². The third kappa shape index (κ3) is 1.74. The van der Waals surface area contributed by atoms with Crippen molar-refractivity contribution in [3.05, 3.63) is 41.7 Å². The molecule has 1 heterocycles. The van der Waals surface area contributed by atoms with Crippen molar-refractivity contribution >= 4 is 0 Å². The summed E-state index contributed by atoms with van der Waals surface area (Å²) in [5.41, 5.74) is 1.95. The highest BCUT2D eigenvalue weighted by molar-refractivity contribution is 5.34. The summed E-state index contributed by atoms with van der Waals surface area (Å²) in [5, 5.41) is 17.3. The van der Waals surface area contributed by atoms with Crippen LogP contribution in [-0.2, 0) is 6.54 Å². The van der Waals surface area contributed by atoms with Crippen LogP contribution in [0.15, 0.2) is 30.6 Å². The molecule has 2 rings (SSSR count). The molecular weight excluding hydrogens is 178 g/mol. The first-order valence-electron chi connectivity index (χ1n) is 4.38. The van der Waals surface area contributed by atoms with E-state index in [1.54, 1.807) is 23.3 Å². The van der Waals surface area contributed by atoms with Gasteiger partial charge in [0.1, 0.15) is 5.75 Å². The quantitative estimate of drug-likeness (QED) is 0.775. The van der Waals surface area contributed by atoms with E-state index < -0.39 is 0 Å². The average Bonchev–Trinajstić information content (AvgIpc) is 2.64. The van der Waals surface area contributed by atoms with Crippen LogP contribution in [0.25, 0.3) is 0 Å². The van der Waals surface area contributed by atoms with E-state index in [4.69, 9.17) is 0 Å². The molecule has 72 valence electrons. The minimum absolute atomic E-state index is 0.321. The first-order chi connectivity index (χ1) is 6.75. The lowest BCUT2D eigenvalue weighted by Gasteiger charge is -2.03. The highest BCUT2D eigenvalue weighted by Crippen LogP contribution is 2.17. The Morgan fingerprint density at radius 1 is 1.29 bits per heavy atom. The van der Waals surface area contributed by atoms with Gasteiger partial charge in [-0.05, 0) is 24.1 Å². The molecular formula is C10H11N3O. The summed E-state index contributed by atoms with van der Waals surface area (Å²) in [4.78, 5) is 1.60. The van der Waals surface area contributed by atoms with Gasteiger partial charge >= 0.3 is 0 Å². The van der Waals surface area contributed by atoms with Crippen LogP contribution in [0.4, 0.5) is 0 Å². The highest BCUT2D eigenvalue weighted by Gasteiger charge is 1.99. The molecule has 0 aliphatic rings. The largest absolute Gasteiger partial charge is 0.508 e. The number of nitrogens with zero attached hydrogens (tertiary/aromatic N) is 3. The second-order valence-electron chi connectivity index (χ2n) is 3.18. The number of benzene rings is 1. The number of phenolic OH excluding ortho intramolecular Hbond substituents is 1. The van der Waals surface area contributed by atoms with Crippen molar-refractivity contribution in [2.24, 2.45) is 0 Å². The molecule has 0 fully saturated rings. The minimum Gasteiger partial charge on any atom is -0.508 e. The molecule has 2 aromatic rings. The van der Waals surface area contributed by atoms with E-state index in [-0.39, 0.29) is 0 Å². The molecule has 0 aliphatic carbocycles. The zero-order valence-corrected chi connectivity index (χ0v) is 7.88. The molecule has 0 saturated heterocycles. The lowest BCUT2D eigenvalue weighted by Crippen LogP contribution is -2.03. The SMILES string of the molecule is Cc1cc(Cn2nccn2)ccc1O. The molecule has 0 saturated carbocycles. The van der Waals surface area contributed by atoms with Crippen LogP contribution in [0, 0.1) is 6.92 Å². The van der Waals surface area contributed by atoms with Crippen molar-refractivity contribution in [1.29, 1.82) is 0 Å². The van der Waals surface area contributed by atoms with Crippen LogP contribution in [0.2, 0.25) is 0 Å². The zero-order chi connectivity index (χ0) is 9.97. The van der Waals surface area contributed by atoms with Gasteiger partial charge in [0.25, 0.3) is 0 Å². The maximum atomic E-state index is 9.33. The van der Waals surface area contributed by atoms with E-state index in [1.807, 2.05) is 19.1 Å². The second kappa shape index (κ2) is 3.49. The van der Waals surface area contributed by atoms with Crippen molar-refractivity contribution in [2.45, 2.75) is 13.5 Å². The first kappa shape index (κ1) is 8.74. The monoisotopic (exact) mass is 189 g/mol. The molecule has 4 heteroatoms. The maximum Gasteiger partial charge on any atom is 0.118 e. The van der Waals surface area contributed by atoms with Gasteiger partial charge < -0.3 is 5.11 Å². The molecule has 0 atom stereocenters. The van der Waals surface area contributed by atoms with Crippen LogP contribution in [0.3, 0.4) is 0 Å². The van der Waals surface area contributed by atoms with Crippen molar-refractivity contribution in [3.8, 4) is 5.75 Å². The molecule has 0 bridgehead atoms. The lowest BCUT2D eigenvalue weighted by molar-refractivity contribution is 0.470. The molecule has 4 nitrogen and oxygen atoms in total. The van der Waals surface area contributed by atoms with E-state index >= 15 is 0 Å². The molecule has 0 unspecified atom stereocenters. The summed E-state index contributed by atoms with van der Waals surface area (Å²) in [5.74, 6) is 0.321. The Morgan fingerprint density at radius 3 is 2.64 bits per heavy atom. The third-order valence-corrected chi connectivity index (χ3v) is 2.05. The molecule has 1 N–H and O–H groups in total. The number of hydrogen-bond acceptors (Lipinski definition) is 3. The number of rotatable bonds is 2. The van der Waals surface area contributed by atoms with Crippen molar-refractivity contribution in [2.75, 3.05) is 0 Å². The Morgan fingerprint density at radius 2 is 2.00 bits per heavy atom. The van der Waals surface area contributed by atoms with E-state index in [0.717, 1.165) is 11.1 Å². The van der Waals surface area contributed by atoms with Gasteiger partial charge in [-0.1, -0.05) is 12.1 Å². The Labute approximate surface area is 81.8 Å². The maximum absolute atomic E-state index is 9.33. The summed E-state index contributed by atoms with van der Waals surface area (Å²) in [6, 6.07) is 5.48. The predicted octanol–water partition coefficient (Wildman–Crippen LogP) is 1.34. The summed E-state index contributed by atoms with van der Waals surface area (Å²) in [6.07, 6.45) is 3.29. The van der Waals surface area contributed by atoms with E-state index in [1.165, 1.54) is 0 Å². The number of aromatic hydroxyl groups is 1. The summed E-state index contributed by atoms with van der Waals surface area (Å²) >= 11 is 0. The van der Waals surface area contributed by atoms with E-state index in [9.17, 15) is 5.11 Å². The van der Waals surface area contributed by atoms with Gasteiger partial charge in [-0.2, -0.15) is 15.0 Å². The fourth-order valence-electron chi connectivity index (χ4n) is 1.30. The molecule has 0 spiro atoms. The van der Waals surface area contributed by atoms with Crippen LogP contribution >= 0.6 is 0 Å². The van der Waals surface area contributed by atoms with Crippen molar-refractivity contribution in [3.63, 3.8) is 0 Å². The second-order valence-corrected chi connectivity index (χ2v) is 3.18. The van der Waals surface area contributed by atoms with Gasteiger partial charge in [0, 0.05) is 0 Å². The predicted molar refractivity (Wildman–Crippen MR) is 52.0 cm³/mol. The van der Waals surface area contributed by atoms with E-state index in [0.29, 0.717) is 12.3 Å². The number of hydrogen-bond donors (Lipinski definition) is 1. The van der Waals surface area contributed by atoms with Crippen molar-refractivity contribution in [1.82, 2.24) is 15.0 Å². The molecule has 14 heavy (non-hydrogen) atoms. The summed E-state index contributed by atoms with van der Waals surface area (Å²) < 4.78 is 0. The van der Waals surface area contributed by atoms with E-state index in [2.05, 4.69) is 10.2 Å². The molecule has 0 amide bonds. The Hall–Kier alpha value is -1.84. The highest BCUT2D eigenvalue weighted by atomic mass is 16.3. The fraction of sp³-hybridized carbons (Fsp3) is 0.200. The van der Waals surface area contributed by atoms with Gasteiger partial charge in [0.15, 0.2) is 0 Å². The number of phenols is 1. The zero-order valence-electron chi connectivity index (χ0n) is 7.88. The fourth-order valence-corrected chi connectivity index (χ4v) is 1.30. The summed E-state index contributed by atoms with van der Waals surface area (Å²) in [7, 11) is 0. The van der Waals surface area contributed by atoms with Crippen molar-refractivity contribution < 1.29 is 5.11 Å². The average molecular weight is 189 g/mol. The molecule has 1 aromatic carbocycles.